The molecule has 0 aromatic heterocycles. The van der Waals surface area contributed by atoms with Gasteiger partial charge in [0.1, 0.15) is 0 Å². The van der Waals surface area contributed by atoms with Gasteiger partial charge >= 0.3 is 0 Å². The number of amides is 1. The second-order valence-electron chi connectivity index (χ2n) is 5.90. The monoisotopic (exact) mass is 347 g/mol. The first-order valence-electron chi connectivity index (χ1n) is 7.31. The molecule has 2 nitrogen and oxygen atoms in total. The minimum atomic E-state index is 0.00320. The zero-order valence-electron chi connectivity index (χ0n) is 11.9. The first-order valence-corrected chi connectivity index (χ1v) is 8.60. The highest BCUT2D eigenvalue weighted by molar-refractivity contribution is 6.42. The highest BCUT2D eigenvalue weighted by atomic mass is 35.5. The molecule has 1 aromatic rings. The van der Waals surface area contributed by atoms with Gasteiger partial charge in [-0.15, -0.1) is 11.6 Å². The summed E-state index contributed by atoms with van der Waals surface area (Å²) in [6.45, 7) is 0.663. The van der Waals surface area contributed by atoms with Crippen LogP contribution in [-0.2, 0) is 11.2 Å². The van der Waals surface area contributed by atoms with Crippen molar-refractivity contribution < 1.29 is 4.79 Å². The molecule has 1 amide bonds. The van der Waals surface area contributed by atoms with Crippen molar-refractivity contribution in [1.29, 1.82) is 0 Å². The lowest BCUT2D eigenvalue weighted by atomic mass is 9.75. The average Bonchev–Trinajstić information content (AvgIpc) is 2.50. The number of carbonyl (C=O) groups excluding carboxylic acids is 1. The molecule has 0 atom stereocenters. The third-order valence-corrected chi connectivity index (χ3v) is 5.51. The van der Waals surface area contributed by atoms with Crippen LogP contribution in [0.15, 0.2) is 18.2 Å². The van der Waals surface area contributed by atoms with E-state index in [1.54, 1.807) is 12.1 Å². The molecule has 1 aliphatic rings. The van der Waals surface area contributed by atoms with Crippen LogP contribution in [0, 0.1) is 5.41 Å². The summed E-state index contributed by atoms with van der Waals surface area (Å²) in [4.78, 5) is 12.1. The van der Waals surface area contributed by atoms with Crippen LogP contribution < -0.4 is 5.32 Å². The second-order valence-corrected chi connectivity index (χ2v) is 6.98. The summed E-state index contributed by atoms with van der Waals surface area (Å²) >= 11 is 18.0. The number of hydrogen-bond acceptors (Lipinski definition) is 1. The molecule has 1 aromatic carbocycles. The predicted octanol–water partition coefficient (Wildman–Crippen LogP) is 4.84. The van der Waals surface area contributed by atoms with Crippen LogP contribution in [-0.4, -0.2) is 18.3 Å². The van der Waals surface area contributed by atoms with Crippen LogP contribution >= 0.6 is 34.8 Å². The third kappa shape index (κ3) is 4.77. The number of nitrogens with one attached hydrogen (secondary N) is 1. The quantitative estimate of drug-likeness (QED) is 0.758. The highest BCUT2D eigenvalue weighted by Crippen LogP contribution is 2.36. The maximum Gasteiger partial charge on any atom is 0.224 e. The van der Waals surface area contributed by atoms with E-state index in [2.05, 4.69) is 5.32 Å². The Kier molecular flexibility index (Phi) is 6.21. The molecule has 0 radical (unpaired) electrons. The lowest BCUT2D eigenvalue weighted by Crippen LogP contribution is -2.40. The van der Waals surface area contributed by atoms with E-state index >= 15 is 0 Å². The Labute approximate surface area is 141 Å². The molecular weight excluding hydrogens is 329 g/mol. The van der Waals surface area contributed by atoms with E-state index in [1.807, 2.05) is 6.07 Å². The molecule has 5 heteroatoms. The minimum Gasteiger partial charge on any atom is -0.355 e. The van der Waals surface area contributed by atoms with Crippen LogP contribution in [0.5, 0.6) is 0 Å². The lowest BCUT2D eigenvalue weighted by molar-refractivity contribution is -0.121. The smallest absolute Gasteiger partial charge is 0.224 e. The lowest BCUT2D eigenvalue weighted by Gasteiger charge is -2.35. The third-order valence-electron chi connectivity index (χ3n) is 4.21. The van der Waals surface area contributed by atoms with Crippen molar-refractivity contribution in [2.45, 2.75) is 38.5 Å². The number of halogens is 3. The van der Waals surface area contributed by atoms with Gasteiger partial charge in [0.05, 0.1) is 16.5 Å². The summed E-state index contributed by atoms with van der Waals surface area (Å²) in [5.41, 5.74) is 0.943. The molecule has 116 valence electrons. The van der Waals surface area contributed by atoms with Crippen molar-refractivity contribution >= 4 is 40.7 Å². The average molecular weight is 349 g/mol. The molecule has 1 N–H and O–H groups in total. The SMILES string of the molecule is O=C(Cc1ccc(Cl)c(Cl)c1)NCC1(CCl)CCCCC1. The van der Waals surface area contributed by atoms with Gasteiger partial charge < -0.3 is 5.32 Å². The van der Waals surface area contributed by atoms with Crippen LogP contribution in [0.2, 0.25) is 10.0 Å². The van der Waals surface area contributed by atoms with E-state index in [9.17, 15) is 4.79 Å². The summed E-state index contributed by atoms with van der Waals surface area (Å²) in [6, 6.07) is 5.28. The van der Waals surface area contributed by atoms with Gasteiger partial charge in [0.15, 0.2) is 0 Å². The van der Waals surface area contributed by atoms with Crippen molar-refractivity contribution in [3.05, 3.63) is 33.8 Å². The molecule has 0 aliphatic heterocycles. The van der Waals surface area contributed by atoms with Gasteiger partial charge in [0, 0.05) is 17.8 Å². The molecule has 0 unspecified atom stereocenters. The Hall–Kier alpha value is -0.440. The van der Waals surface area contributed by atoms with E-state index in [4.69, 9.17) is 34.8 Å². The summed E-state index contributed by atoms with van der Waals surface area (Å²) < 4.78 is 0. The maximum absolute atomic E-state index is 12.1. The first-order chi connectivity index (χ1) is 10.0. The molecule has 21 heavy (non-hydrogen) atoms. The number of hydrogen-bond donors (Lipinski definition) is 1. The predicted molar refractivity (Wildman–Crippen MR) is 89.4 cm³/mol. The first kappa shape index (κ1) is 16.9. The molecule has 1 saturated carbocycles. The van der Waals surface area contributed by atoms with E-state index < -0.39 is 0 Å². The van der Waals surface area contributed by atoms with Gasteiger partial charge in [-0.25, -0.2) is 0 Å². The van der Waals surface area contributed by atoms with Crippen LogP contribution in [0.1, 0.15) is 37.7 Å². The molecule has 1 aliphatic carbocycles. The fourth-order valence-corrected chi connectivity index (χ4v) is 3.53. The number of rotatable bonds is 5. The van der Waals surface area contributed by atoms with E-state index in [1.165, 1.54) is 19.3 Å². The minimum absolute atomic E-state index is 0.00320. The standard InChI is InChI=1S/C16H20Cl3NO/c17-10-16(6-2-1-3-7-16)11-20-15(21)9-12-4-5-13(18)14(19)8-12/h4-5,8H,1-3,6-7,9-11H2,(H,20,21). The Morgan fingerprint density at radius 2 is 1.86 bits per heavy atom. The molecule has 0 heterocycles. The number of alkyl halides is 1. The summed E-state index contributed by atoms with van der Waals surface area (Å²) in [7, 11) is 0. The Balaban J connectivity index is 1.87. The fourth-order valence-electron chi connectivity index (χ4n) is 2.84. The summed E-state index contributed by atoms with van der Waals surface area (Å²) in [6.07, 6.45) is 6.20. The topological polar surface area (TPSA) is 29.1 Å². The maximum atomic E-state index is 12.1. The summed E-state index contributed by atoms with van der Waals surface area (Å²) in [5.74, 6) is 0.614. The van der Waals surface area contributed by atoms with Gasteiger partial charge in [-0.2, -0.15) is 0 Å². The molecule has 0 saturated heterocycles. The van der Waals surface area contributed by atoms with E-state index in [-0.39, 0.29) is 11.3 Å². The number of carbonyl (C=O) groups is 1. The Morgan fingerprint density at radius 1 is 1.14 bits per heavy atom. The van der Waals surface area contributed by atoms with E-state index in [0.717, 1.165) is 18.4 Å². The zero-order chi connectivity index (χ0) is 15.3. The molecular formula is C16H20Cl3NO. The van der Waals surface area contributed by atoms with Crippen molar-refractivity contribution in [1.82, 2.24) is 5.32 Å². The van der Waals surface area contributed by atoms with Crippen molar-refractivity contribution in [2.75, 3.05) is 12.4 Å². The normalized spacial score (nSPS) is 17.5. The molecule has 2 rings (SSSR count). The van der Waals surface area contributed by atoms with Crippen molar-refractivity contribution in [2.24, 2.45) is 5.41 Å². The van der Waals surface area contributed by atoms with Crippen LogP contribution in [0.25, 0.3) is 0 Å². The van der Waals surface area contributed by atoms with Gasteiger partial charge in [-0.05, 0) is 30.5 Å². The Morgan fingerprint density at radius 3 is 2.48 bits per heavy atom. The molecule has 0 spiro atoms. The van der Waals surface area contributed by atoms with Gasteiger partial charge in [-0.1, -0.05) is 48.5 Å². The molecule has 1 fully saturated rings. The van der Waals surface area contributed by atoms with E-state index in [0.29, 0.717) is 28.9 Å². The van der Waals surface area contributed by atoms with Gasteiger partial charge in [0.2, 0.25) is 5.91 Å². The zero-order valence-corrected chi connectivity index (χ0v) is 14.2. The largest absolute Gasteiger partial charge is 0.355 e. The van der Waals surface area contributed by atoms with Crippen LogP contribution in [0.4, 0.5) is 0 Å². The summed E-state index contributed by atoms with van der Waals surface area (Å²) in [5, 5.41) is 4.01. The van der Waals surface area contributed by atoms with Crippen molar-refractivity contribution in [3.8, 4) is 0 Å². The van der Waals surface area contributed by atoms with Crippen LogP contribution in [0.3, 0.4) is 0 Å². The number of benzene rings is 1. The molecule has 0 bridgehead atoms. The van der Waals surface area contributed by atoms with Gasteiger partial charge in [0.25, 0.3) is 0 Å². The van der Waals surface area contributed by atoms with Crippen molar-refractivity contribution in [3.63, 3.8) is 0 Å². The fraction of sp³-hybridized carbons (Fsp3) is 0.562. The Bertz CT molecular complexity index is 498. The van der Waals surface area contributed by atoms with Gasteiger partial charge in [-0.3, -0.25) is 4.79 Å². The second kappa shape index (κ2) is 7.71. The highest BCUT2D eigenvalue weighted by Gasteiger charge is 2.31.